The third-order valence-electron chi connectivity index (χ3n) is 4.54. The molecule has 0 spiro atoms. The van der Waals surface area contributed by atoms with Crippen molar-refractivity contribution in [2.24, 2.45) is 11.7 Å². The number of carbonyl (C=O) groups excluding carboxylic acids is 1. The molecule has 0 aromatic rings. The van der Waals surface area contributed by atoms with Gasteiger partial charge in [0.2, 0.25) is 0 Å². The second-order valence-corrected chi connectivity index (χ2v) is 5.61. The van der Waals surface area contributed by atoms with E-state index in [0.29, 0.717) is 18.5 Å². The van der Waals surface area contributed by atoms with Crippen LogP contribution in [0.5, 0.6) is 0 Å². The highest BCUT2D eigenvalue weighted by Gasteiger charge is 2.34. The Balaban J connectivity index is 2.00. The highest BCUT2D eigenvalue weighted by molar-refractivity contribution is 5.75. The van der Waals surface area contributed by atoms with Gasteiger partial charge < -0.3 is 15.5 Å². The van der Waals surface area contributed by atoms with Crippen LogP contribution in [0.15, 0.2) is 0 Å². The molecule has 2 unspecified atom stereocenters. The van der Waals surface area contributed by atoms with Crippen LogP contribution in [0.3, 0.4) is 0 Å². The molecule has 1 saturated heterocycles. The summed E-state index contributed by atoms with van der Waals surface area (Å²) in [5.41, 5.74) is 5.84. The fourth-order valence-electron chi connectivity index (χ4n) is 3.48. The van der Waals surface area contributed by atoms with Crippen LogP contribution in [0.25, 0.3) is 0 Å². The smallest absolute Gasteiger partial charge is 0.320 e. The van der Waals surface area contributed by atoms with Crippen LogP contribution < -0.4 is 5.73 Å². The van der Waals surface area contributed by atoms with Crippen molar-refractivity contribution in [2.75, 3.05) is 26.2 Å². The van der Waals surface area contributed by atoms with E-state index in [2.05, 4.69) is 11.8 Å². The van der Waals surface area contributed by atoms with E-state index in [-0.39, 0.29) is 6.03 Å². The lowest BCUT2D eigenvalue weighted by Crippen LogP contribution is -2.51. The molecule has 2 rings (SSSR count). The van der Waals surface area contributed by atoms with Crippen LogP contribution >= 0.6 is 0 Å². The van der Waals surface area contributed by atoms with Gasteiger partial charge in [0, 0.05) is 25.7 Å². The Bertz CT molecular complexity index is 276. The lowest BCUT2D eigenvalue weighted by atomic mass is 10.0. The lowest BCUT2D eigenvalue weighted by Gasteiger charge is -2.37. The van der Waals surface area contributed by atoms with Crippen LogP contribution in [0.4, 0.5) is 4.79 Å². The minimum absolute atomic E-state index is 0.252. The largest absolute Gasteiger partial charge is 0.330 e. The van der Waals surface area contributed by atoms with Crippen LogP contribution in [0.2, 0.25) is 0 Å². The zero-order valence-electron chi connectivity index (χ0n) is 11.6. The molecule has 2 amide bonds. The van der Waals surface area contributed by atoms with Crippen molar-refractivity contribution in [2.45, 2.75) is 51.5 Å². The van der Waals surface area contributed by atoms with Gasteiger partial charge in [-0.05, 0) is 51.5 Å². The van der Waals surface area contributed by atoms with Crippen LogP contribution in [0, 0.1) is 5.92 Å². The van der Waals surface area contributed by atoms with Gasteiger partial charge >= 0.3 is 6.03 Å². The molecular formula is C14H27N3O. The van der Waals surface area contributed by atoms with E-state index >= 15 is 0 Å². The van der Waals surface area contributed by atoms with Crippen molar-refractivity contribution in [3.63, 3.8) is 0 Å². The Morgan fingerprint density at radius 1 is 1.22 bits per heavy atom. The molecule has 18 heavy (non-hydrogen) atoms. The lowest BCUT2D eigenvalue weighted by molar-refractivity contribution is 0.117. The summed E-state index contributed by atoms with van der Waals surface area (Å²) in [6, 6.07) is 0.636. The number of rotatable bonds is 3. The zero-order chi connectivity index (χ0) is 13.0. The maximum absolute atomic E-state index is 12.6. The molecule has 2 N–H and O–H groups in total. The zero-order valence-corrected chi connectivity index (χ0v) is 11.6. The SMILES string of the molecule is CCN(C(=O)N1CCCCC1)C1CCCC1CN. The maximum Gasteiger partial charge on any atom is 0.320 e. The average Bonchev–Trinajstić information content (AvgIpc) is 2.89. The first-order chi connectivity index (χ1) is 8.77. The topological polar surface area (TPSA) is 49.6 Å². The van der Waals surface area contributed by atoms with E-state index in [9.17, 15) is 4.79 Å². The summed E-state index contributed by atoms with van der Waals surface area (Å²) in [4.78, 5) is 16.7. The number of hydrogen-bond acceptors (Lipinski definition) is 2. The monoisotopic (exact) mass is 253 g/mol. The highest BCUT2D eigenvalue weighted by Crippen LogP contribution is 2.30. The molecule has 4 heteroatoms. The normalized spacial score (nSPS) is 28.4. The van der Waals surface area contributed by atoms with E-state index in [1.807, 2.05) is 4.90 Å². The molecule has 2 atom stereocenters. The molecule has 1 heterocycles. The van der Waals surface area contributed by atoms with Crippen molar-refractivity contribution < 1.29 is 4.79 Å². The van der Waals surface area contributed by atoms with E-state index in [1.54, 1.807) is 0 Å². The molecule has 2 aliphatic rings. The van der Waals surface area contributed by atoms with Crippen molar-refractivity contribution in [1.29, 1.82) is 0 Å². The molecule has 1 aliphatic heterocycles. The van der Waals surface area contributed by atoms with Crippen molar-refractivity contribution in [3.05, 3.63) is 0 Å². The van der Waals surface area contributed by atoms with Gasteiger partial charge in [-0.2, -0.15) is 0 Å². The summed E-state index contributed by atoms with van der Waals surface area (Å²) in [6.45, 7) is 5.50. The summed E-state index contributed by atoms with van der Waals surface area (Å²) in [5.74, 6) is 0.513. The Morgan fingerprint density at radius 3 is 2.56 bits per heavy atom. The Labute approximate surface area is 110 Å². The Kier molecular flexibility index (Phi) is 4.87. The first kappa shape index (κ1) is 13.7. The van der Waals surface area contributed by atoms with Gasteiger partial charge in [-0.25, -0.2) is 4.79 Å². The van der Waals surface area contributed by atoms with Crippen LogP contribution in [0.1, 0.15) is 45.4 Å². The molecule has 1 aliphatic carbocycles. The maximum atomic E-state index is 12.6. The highest BCUT2D eigenvalue weighted by atomic mass is 16.2. The summed E-state index contributed by atoms with van der Waals surface area (Å²) in [7, 11) is 0. The molecule has 104 valence electrons. The Hall–Kier alpha value is -0.770. The summed E-state index contributed by atoms with van der Waals surface area (Å²) < 4.78 is 0. The fraction of sp³-hybridized carbons (Fsp3) is 0.929. The minimum Gasteiger partial charge on any atom is -0.330 e. The van der Waals surface area contributed by atoms with E-state index < -0.39 is 0 Å². The van der Waals surface area contributed by atoms with Crippen molar-refractivity contribution >= 4 is 6.03 Å². The number of amides is 2. The molecule has 2 fully saturated rings. The molecule has 0 aromatic carbocycles. The van der Waals surface area contributed by atoms with Gasteiger partial charge in [-0.3, -0.25) is 0 Å². The van der Waals surface area contributed by atoms with Crippen LogP contribution in [-0.2, 0) is 0 Å². The molecule has 0 radical (unpaired) electrons. The fourth-order valence-corrected chi connectivity index (χ4v) is 3.48. The number of piperidine rings is 1. The summed E-state index contributed by atoms with van der Waals surface area (Å²) in [6.07, 6.45) is 7.13. The predicted molar refractivity (Wildman–Crippen MR) is 73.4 cm³/mol. The molecule has 0 aromatic heterocycles. The first-order valence-electron chi connectivity index (χ1n) is 7.53. The average molecular weight is 253 g/mol. The predicted octanol–water partition coefficient (Wildman–Crippen LogP) is 2.04. The second kappa shape index (κ2) is 6.41. The molecule has 1 saturated carbocycles. The van der Waals surface area contributed by atoms with Gasteiger partial charge in [0.15, 0.2) is 0 Å². The van der Waals surface area contributed by atoms with Gasteiger partial charge in [0.1, 0.15) is 0 Å². The Morgan fingerprint density at radius 2 is 1.94 bits per heavy atom. The number of likely N-dealkylation sites (tertiary alicyclic amines) is 1. The number of carbonyl (C=O) groups is 1. The van der Waals surface area contributed by atoms with E-state index in [4.69, 9.17) is 5.73 Å². The molecule has 0 bridgehead atoms. The summed E-state index contributed by atoms with van der Waals surface area (Å²) >= 11 is 0. The molecule has 4 nitrogen and oxygen atoms in total. The van der Waals surface area contributed by atoms with Gasteiger partial charge in [-0.15, -0.1) is 0 Å². The van der Waals surface area contributed by atoms with E-state index in [0.717, 1.165) is 38.9 Å². The third-order valence-corrected chi connectivity index (χ3v) is 4.54. The summed E-state index contributed by atoms with van der Waals surface area (Å²) in [5, 5.41) is 0. The number of nitrogens with two attached hydrogens (primary N) is 1. The second-order valence-electron chi connectivity index (χ2n) is 5.61. The van der Waals surface area contributed by atoms with Crippen LogP contribution in [-0.4, -0.2) is 48.1 Å². The van der Waals surface area contributed by atoms with E-state index in [1.165, 1.54) is 19.3 Å². The quantitative estimate of drug-likeness (QED) is 0.837. The number of hydrogen-bond donors (Lipinski definition) is 1. The minimum atomic E-state index is 0.252. The third kappa shape index (κ3) is 2.79. The van der Waals surface area contributed by atoms with Gasteiger partial charge in [0.25, 0.3) is 0 Å². The van der Waals surface area contributed by atoms with Gasteiger partial charge in [0.05, 0.1) is 0 Å². The standard InChI is InChI=1S/C14H27N3O/c1-2-17(13-8-6-7-12(13)11-15)14(18)16-9-4-3-5-10-16/h12-13H,2-11,15H2,1H3. The van der Waals surface area contributed by atoms with Crippen molar-refractivity contribution in [3.8, 4) is 0 Å². The van der Waals surface area contributed by atoms with Crippen molar-refractivity contribution in [1.82, 2.24) is 9.80 Å². The number of urea groups is 1. The van der Waals surface area contributed by atoms with Gasteiger partial charge in [-0.1, -0.05) is 6.42 Å². The number of nitrogens with zero attached hydrogens (tertiary/aromatic N) is 2. The first-order valence-corrected chi connectivity index (χ1v) is 7.53. The molecular weight excluding hydrogens is 226 g/mol.